The molecule has 1 fully saturated rings. The molecule has 0 spiro atoms. The third-order valence-electron chi connectivity index (χ3n) is 5.18. The molecule has 0 bridgehead atoms. The molecule has 0 aromatic heterocycles. The zero-order valence-electron chi connectivity index (χ0n) is 17.1. The van der Waals surface area contributed by atoms with Gasteiger partial charge in [0.15, 0.2) is 0 Å². The lowest BCUT2D eigenvalue weighted by Gasteiger charge is -2.21. The number of nitrogens with zero attached hydrogens (tertiary/aromatic N) is 1. The summed E-state index contributed by atoms with van der Waals surface area (Å²) in [5.74, 6) is -0.355. The van der Waals surface area contributed by atoms with Crippen LogP contribution in [-0.4, -0.2) is 44.2 Å². The third-order valence-corrected chi connectivity index (χ3v) is 5.18. The van der Waals surface area contributed by atoms with Crippen LogP contribution in [0.1, 0.15) is 47.4 Å². The number of amides is 2. The van der Waals surface area contributed by atoms with Crippen molar-refractivity contribution in [2.45, 2.75) is 32.8 Å². The van der Waals surface area contributed by atoms with Gasteiger partial charge in [0.1, 0.15) is 0 Å². The highest BCUT2D eigenvalue weighted by molar-refractivity contribution is 6.05. The predicted molar refractivity (Wildman–Crippen MR) is 116 cm³/mol. The number of carbonyl (C=O) groups is 2. The van der Waals surface area contributed by atoms with Gasteiger partial charge in [-0.3, -0.25) is 9.59 Å². The van der Waals surface area contributed by atoms with Crippen molar-refractivity contribution in [3.05, 3.63) is 59.7 Å². The van der Waals surface area contributed by atoms with Crippen LogP contribution in [-0.2, 0) is 4.74 Å². The van der Waals surface area contributed by atoms with Crippen LogP contribution in [0.3, 0.4) is 0 Å². The van der Waals surface area contributed by atoms with Crippen LogP contribution in [0.25, 0.3) is 0 Å². The maximum atomic E-state index is 12.5. The highest BCUT2D eigenvalue weighted by atomic mass is 16.5. The normalized spacial score (nSPS) is 15.7. The van der Waals surface area contributed by atoms with Crippen molar-refractivity contribution in [2.24, 2.45) is 0 Å². The Labute approximate surface area is 172 Å². The van der Waals surface area contributed by atoms with E-state index in [0.717, 1.165) is 43.9 Å². The Morgan fingerprint density at radius 1 is 0.966 bits per heavy atom. The fourth-order valence-electron chi connectivity index (χ4n) is 3.43. The van der Waals surface area contributed by atoms with E-state index in [0.29, 0.717) is 17.7 Å². The molecular formula is C23H29N3O3. The van der Waals surface area contributed by atoms with E-state index < -0.39 is 0 Å². The number of benzene rings is 2. The van der Waals surface area contributed by atoms with Crippen LogP contribution in [0.15, 0.2) is 48.5 Å². The molecular weight excluding hydrogens is 366 g/mol. The molecule has 29 heavy (non-hydrogen) atoms. The molecule has 0 radical (unpaired) electrons. The van der Waals surface area contributed by atoms with Crippen molar-refractivity contribution in [3.63, 3.8) is 0 Å². The summed E-state index contributed by atoms with van der Waals surface area (Å²) in [6.45, 7) is 7.40. The van der Waals surface area contributed by atoms with Gasteiger partial charge in [0, 0.05) is 48.7 Å². The van der Waals surface area contributed by atoms with Gasteiger partial charge in [0.2, 0.25) is 0 Å². The average molecular weight is 396 g/mol. The van der Waals surface area contributed by atoms with Crippen molar-refractivity contribution < 1.29 is 14.3 Å². The van der Waals surface area contributed by atoms with Crippen LogP contribution in [0, 0.1) is 0 Å². The molecule has 1 atom stereocenters. The monoisotopic (exact) mass is 395 g/mol. The number of carbonyl (C=O) groups excluding carboxylic acids is 2. The van der Waals surface area contributed by atoms with Crippen LogP contribution >= 0.6 is 0 Å². The second kappa shape index (κ2) is 10.1. The summed E-state index contributed by atoms with van der Waals surface area (Å²) < 4.78 is 5.51. The Morgan fingerprint density at radius 2 is 1.59 bits per heavy atom. The molecule has 1 heterocycles. The third kappa shape index (κ3) is 5.57. The molecule has 6 nitrogen and oxygen atoms in total. The first-order valence-corrected chi connectivity index (χ1v) is 10.3. The molecule has 2 amide bonds. The summed E-state index contributed by atoms with van der Waals surface area (Å²) in [5.41, 5.74) is 2.91. The minimum atomic E-state index is -0.202. The second-order valence-corrected chi connectivity index (χ2v) is 7.10. The van der Waals surface area contributed by atoms with E-state index in [9.17, 15) is 9.59 Å². The van der Waals surface area contributed by atoms with E-state index in [1.165, 1.54) is 0 Å². The zero-order chi connectivity index (χ0) is 20.6. The van der Waals surface area contributed by atoms with Gasteiger partial charge >= 0.3 is 0 Å². The van der Waals surface area contributed by atoms with Crippen LogP contribution in [0.4, 0.5) is 11.4 Å². The van der Waals surface area contributed by atoms with Crippen LogP contribution < -0.4 is 15.5 Å². The molecule has 0 aliphatic carbocycles. The highest BCUT2D eigenvalue weighted by Crippen LogP contribution is 2.18. The maximum absolute atomic E-state index is 12.5. The number of rotatable bonds is 8. The lowest BCUT2D eigenvalue weighted by atomic mass is 10.1. The predicted octanol–water partition coefficient (Wildman–Crippen LogP) is 3.69. The van der Waals surface area contributed by atoms with Gasteiger partial charge in [-0.2, -0.15) is 0 Å². The number of hydrogen-bond donors (Lipinski definition) is 2. The number of nitrogens with one attached hydrogen (secondary N) is 2. The Bertz CT molecular complexity index is 808. The fraction of sp³-hybridized carbons (Fsp3) is 0.391. The molecule has 3 rings (SSSR count). The standard InChI is InChI=1S/C23H29N3O3/c1-3-26(4-2)20-13-11-19(12-14-20)25-23(28)18-9-7-17(8-10-18)22(27)24-16-21-6-5-15-29-21/h7-14,21H,3-6,15-16H2,1-2H3,(H,24,27)(H,25,28). The first-order valence-electron chi connectivity index (χ1n) is 10.3. The lowest BCUT2D eigenvalue weighted by molar-refractivity contribution is 0.0857. The van der Waals surface area contributed by atoms with Gasteiger partial charge in [-0.15, -0.1) is 0 Å². The van der Waals surface area contributed by atoms with Crippen molar-refractivity contribution in [2.75, 3.05) is 36.5 Å². The maximum Gasteiger partial charge on any atom is 0.255 e. The average Bonchev–Trinajstić information content (AvgIpc) is 3.28. The largest absolute Gasteiger partial charge is 0.376 e. The molecule has 1 aliphatic heterocycles. The molecule has 154 valence electrons. The van der Waals surface area contributed by atoms with Gasteiger partial charge < -0.3 is 20.3 Å². The SMILES string of the molecule is CCN(CC)c1ccc(NC(=O)c2ccc(C(=O)NCC3CCCO3)cc2)cc1. The molecule has 2 aromatic rings. The minimum absolute atomic E-state index is 0.108. The van der Waals surface area contributed by atoms with Crippen molar-refractivity contribution in [1.29, 1.82) is 0 Å². The van der Waals surface area contributed by atoms with Gasteiger partial charge in [0.25, 0.3) is 11.8 Å². The molecule has 0 saturated carbocycles. The topological polar surface area (TPSA) is 70.7 Å². The smallest absolute Gasteiger partial charge is 0.255 e. The van der Waals surface area contributed by atoms with Crippen LogP contribution in [0.5, 0.6) is 0 Å². The van der Waals surface area contributed by atoms with Crippen molar-refractivity contribution >= 4 is 23.2 Å². The molecule has 1 unspecified atom stereocenters. The van der Waals surface area contributed by atoms with Gasteiger partial charge in [-0.05, 0) is 75.2 Å². The number of anilines is 2. The molecule has 1 aliphatic rings. The summed E-state index contributed by atoms with van der Waals surface area (Å²) in [6, 6.07) is 14.5. The summed E-state index contributed by atoms with van der Waals surface area (Å²) in [7, 11) is 0. The first-order chi connectivity index (χ1) is 14.1. The number of hydrogen-bond acceptors (Lipinski definition) is 4. The summed E-state index contributed by atoms with van der Waals surface area (Å²) in [6.07, 6.45) is 2.13. The summed E-state index contributed by atoms with van der Waals surface area (Å²) in [4.78, 5) is 27.0. The van der Waals surface area contributed by atoms with Gasteiger partial charge in [-0.1, -0.05) is 0 Å². The molecule has 2 N–H and O–H groups in total. The van der Waals surface area contributed by atoms with E-state index in [2.05, 4.69) is 29.4 Å². The van der Waals surface area contributed by atoms with Crippen molar-refractivity contribution in [3.8, 4) is 0 Å². The summed E-state index contributed by atoms with van der Waals surface area (Å²) in [5, 5.41) is 5.78. The molecule has 1 saturated heterocycles. The van der Waals surface area contributed by atoms with Gasteiger partial charge in [0.05, 0.1) is 6.10 Å². The highest BCUT2D eigenvalue weighted by Gasteiger charge is 2.17. The van der Waals surface area contributed by atoms with E-state index >= 15 is 0 Å². The Balaban J connectivity index is 1.55. The Morgan fingerprint density at radius 3 is 2.14 bits per heavy atom. The number of ether oxygens (including phenoxy) is 1. The van der Waals surface area contributed by atoms with E-state index in [1.807, 2.05) is 24.3 Å². The molecule has 2 aromatic carbocycles. The van der Waals surface area contributed by atoms with E-state index in [1.54, 1.807) is 24.3 Å². The Hall–Kier alpha value is -2.86. The van der Waals surface area contributed by atoms with Crippen LogP contribution in [0.2, 0.25) is 0 Å². The minimum Gasteiger partial charge on any atom is -0.376 e. The van der Waals surface area contributed by atoms with E-state index in [-0.39, 0.29) is 17.9 Å². The van der Waals surface area contributed by atoms with E-state index in [4.69, 9.17) is 4.74 Å². The lowest BCUT2D eigenvalue weighted by Crippen LogP contribution is -2.31. The Kier molecular flexibility index (Phi) is 7.25. The fourth-order valence-corrected chi connectivity index (χ4v) is 3.43. The zero-order valence-corrected chi connectivity index (χ0v) is 17.1. The quantitative estimate of drug-likeness (QED) is 0.715. The van der Waals surface area contributed by atoms with Crippen molar-refractivity contribution in [1.82, 2.24) is 5.32 Å². The summed E-state index contributed by atoms with van der Waals surface area (Å²) >= 11 is 0. The van der Waals surface area contributed by atoms with Gasteiger partial charge in [-0.25, -0.2) is 0 Å². The first kappa shape index (κ1) is 20.9. The molecule has 6 heteroatoms. The second-order valence-electron chi connectivity index (χ2n) is 7.10.